The minimum Gasteiger partial charge on any atom is -0.228 e. The maximum absolute atomic E-state index is 13.8. The molecule has 0 N–H and O–H groups in total. The van der Waals surface area contributed by atoms with Crippen molar-refractivity contribution in [1.82, 2.24) is 4.98 Å². The van der Waals surface area contributed by atoms with E-state index in [2.05, 4.69) is 18.8 Å². The fourth-order valence-electron chi connectivity index (χ4n) is 3.10. The SMILES string of the molecule is Cc1ccnc(F)c1C1CCC(C(C)C)CC1. The van der Waals surface area contributed by atoms with Crippen LogP contribution in [0.15, 0.2) is 12.3 Å². The molecule has 0 aromatic carbocycles. The Labute approximate surface area is 103 Å². The van der Waals surface area contributed by atoms with Crippen molar-refractivity contribution in [2.75, 3.05) is 0 Å². The van der Waals surface area contributed by atoms with Gasteiger partial charge < -0.3 is 0 Å². The number of hydrogen-bond acceptors (Lipinski definition) is 1. The molecule has 0 bridgehead atoms. The standard InChI is InChI=1S/C15H22FN/c1-10(2)12-4-6-13(7-5-12)14-11(3)8-9-17-15(14)16/h8-10,12-13H,4-7H2,1-3H3. The van der Waals surface area contributed by atoms with Crippen LogP contribution in [0.25, 0.3) is 0 Å². The predicted octanol–water partition coefficient (Wildman–Crippen LogP) is 4.46. The molecule has 1 nitrogen and oxygen atoms in total. The highest BCUT2D eigenvalue weighted by atomic mass is 19.1. The monoisotopic (exact) mass is 235 g/mol. The summed E-state index contributed by atoms with van der Waals surface area (Å²) in [5, 5.41) is 0. The van der Waals surface area contributed by atoms with E-state index in [4.69, 9.17) is 0 Å². The molecule has 1 aliphatic carbocycles. The Morgan fingerprint density at radius 3 is 2.41 bits per heavy atom. The Kier molecular flexibility index (Phi) is 3.80. The summed E-state index contributed by atoms with van der Waals surface area (Å²) in [6.07, 6.45) is 6.26. The van der Waals surface area contributed by atoms with E-state index in [9.17, 15) is 4.39 Å². The fourth-order valence-corrected chi connectivity index (χ4v) is 3.10. The van der Waals surface area contributed by atoms with Gasteiger partial charge in [-0.25, -0.2) is 4.98 Å². The van der Waals surface area contributed by atoms with Crippen LogP contribution in [0, 0.1) is 24.7 Å². The first-order chi connectivity index (χ1) is 8.09. The Morgan fingerprint density at radius 1 is 1.24 bits per heavy atom. The van der Waals surface area contributed by atoms with Gasteiger partial charge in [-0.3, -0.25) is 0 Å². The number of halogens is 1. The van der Waals surface area contributed by atoms with Crippen LogP contribution >= 0.6 is 0 Å². The molecule has 2 heteroatoms. The Hall–Kier alpha value is -0.920. The Balaban J connectivity index is 2.11. The predicted molar refractivity (Wildman–Crippen MR) is 68.5 cm³/mol. The van der Waals surface area contributed by atoms with Crippen LogP contribution in [0.1, 0.15) is 56.6 Å². The number of aromatic nitrogens is 1. The average molecular weight is 235 g/mol. The van der Waals surface area contributed by atoms with Crippen molar-refractivity contribution in [3.8, 4) is 0 Å². The Morgan fingerprint density at radius 2 is 1.88 bits per heavy atom. The van der Waals surface area contributed by atoms with Crippen molar-refractivity contribution in [2.24, 2.45) is 11.8 Å². The molecule has 0 spiro atoms. The van der Waals surface area contributed by atoms with E-state index in [-0.39, 0.29) is 5.95 Å². The molecule has 0 unspecified atom stereocenters. The molecule has 0 saturated heterocycles. The third kappa shape index (κ3) is 2.67. The first-order valence-corrected chi connectivity index (χ1v) is 6.70. The van der Waals surface area contributed by atoms with Gasteiger partial charge >= 0.3 is 0 Å². The van der Waals surface area contributed by atoms with Crippen LogP contribution in [0.5, 0.6) is 0 Å². The summed E-state index contributed by atoms with van der Waals surface area (Å²) < 4.78 is 13.8. The zero-order chi connectivity index (χ0) is 12.4. The molecule has 0 amide bonds. The lowest BCUT2D eigenvalue weighted by atomic mass is 9.74. The average Bonchev–Trinajstić information content (AvgIpc) is 2.29. The van der Waals surface area contributed by atoms with E-state index in [1.165, 1.54) is 12.8 Å². The molecule has 0 atom stereocenters. The summed E-state index contributed by atoms with van der Waals surface area (Å²) in [6.45, 7) is 6.58. The molecule has 1 heterocycles. The third-order valence-electron chi connectivity index (χ3n) is 4.28. The number of pyridine rings is 1. The molecular formula is C15H22FN. The van der Waals surface area contributed by atoms with Gasteiger partial charge in [-0.15, -0.1) is 0 Å². The van der Waals surface area contributed by atoms with Crippen LogP contribution in [-0.2, 0) is 0 Å². The summed E-state index contributed by atoms with van der Waals surface area (Å²) in [5.74, 6) is 1.72. The number of rotatable bonds is 2. The van der Waals surface area contributed by atoms with Crippen LogP contribution in [0.2, 0.25) is 0 Å². The normalized spacial score (nSPS) is 25.2. The highest BCUT2D eigenvalue weighted by molar-refractivity contribution is 5.27. The van der Waals surface area contributed by atoms with Crippen molar-refractivity contribution in [1.29, 1.82) is 0 Å². The topological polar surface area (TPSA) is 12.9 Å². The largest absolute Gasteiger partial charge is 0.228 e. The number of nitrogens with zero attached hydrogens (tertiary/aromatic N) is 1. The van der Waals surface area contributed by atoms with Crippen LogP contribution < -0.4 is 0 Å². The second-order valence-corrected chi connectivity index (χ2v) is 5.69. The van der Waals surface area contributed by atoms with Crippen molar-refractivity contribution >= 4 is 0 Å². The summed E-state index contributed by atoms with van der Waals surface area (Å²) in [4.78, 5) is 3.80. The summed E-state index contributed by atoms with van der Waals surface area (Å²) in [6, 6.07) is 1.92. The number of aryl methyl sites for hydroxylation is 1. The van der Waals surface area contributed by atoms with E-state index in [1.807, 2.05) is 13.0 Å². The zero-order valence-electron chi connectivity index (χ0n) is 11.0. The van der Waals surface area contributed by atoms with Gasteiger partial charge in [0.15, 0.2) is 0 Å². The van der Waals surface area contributed by atoms with Crippen molar-refractivity contribution in [3.63, 3.8) is 0 Å². The van der Waals surface area contributed by atoms with Crippen molar-refractivity contribution in [3.05, 3.63) is 29.3 Å². The third-order valence-corrected chi connectivity index (χ3v) is 4.28. The van der Waals surface area contributed by atoms with Crippen LogP contribution in [-0.4, -0.2) is 4.98 Å². The van der Waals surface area contributed by atoms with E-state index in [0.717, 1.165) is 35.8 Å². The van der Waals surface area contributed by atoms with E-state index in [0.29, 0.717) is 5.92 Å². The van der Waals surface area contributed by atoms with Gasteiger partial charge in [-0.2, -0.15) is 4.39 Å². The lowest BCUT2D eigenvalue weighted by molar-refractivity contribution is 0.255. The van der Waals surface area contributed by atoms with Gasteiger partial charge in [0.2, 0.25) is 5.95 Å². The second-order valence-electron chi connectivity index (χ2n) is 5.69. The van der Waals surface area contributed by atoms with Gasteiger partial charge in [-0.1, -0.05) is 13.8 Å². The lowest BCUT2D eigenvalue weighted by Crippen LogP contribution is -2.19. The van der Waals surface area contributed by atoms with Gasteiger partial charge in [0.05, 0.1) is 0 Å². The molecule has 2 rings (SSSR count). The fraction of sp³-hybridized carbons (Fsp3) is 0.667. The first-order valence-electron chi connectivity index (χ1n) is 6.70. The molecule has 1 fully saturated rings. The second kappa shape index (κ2) is 5.16. The highest BCUT2D eigenvalue weighted by Crippen LogP contribution is 2.39. The van der Waals surface area contributed by atoms with Gasteiger partial charge in [0.25, 0.3) is 0 Å². The maximum Gasteiger partial charge on any atom is 0.216 e. The molecule has 0 radical (unpaired) electrons. The molecule has 1 aromatic rings. The van der Waals surface area contributed by atoms with Crippen molar-refractivity contribution < 1.29 is 4.39 Å². The van der Waals surface area contributed by atoms with Gasteiger partial charge in [0, 0.05) is 11.8 Å². The quantitative estimate of drug-likeness (QED) is 0.690. The zero-order valence-corrected chi connectivity index (χ0v) is 11.0. The smallest absolute Gasteiger partial charge is 0.216 e. The molecule has 17 heavy (non-hydrogen) atoms. The maximum atomic E-state index is 13.8. The molecule has 1 aromatic heterocycles. The van der Waals surface area contributed by atoms with Crippen molar-refractivity contribution in [2.45, 2.75) is 52.4 Å². The van der Waals surface area contributed by atoms with Crippen LogP contribution in [0.4, 0.5) is 4.39 Å². The van der Waals surface area contributed by atoms with Gasteiger partial charge in [-0.05, 0) is 62.0 Å². The highest BCUT2D eigenvalue weighted by Gasteiger charge is 2.27. The summed E-state index contributed by atoms with van der Waals surface area (Å²) in [5.41, 5.74) is 1.93. The summed E-state index contributed by atoms with van der Waals surface area (Å²) >= 11 is 0. The molecule has 0 aliphatic heterocycles. The van der Waals surface area contributed by atoms with Gasteiger partial charge in [0.1, 0.15) is 0 Å². The number of hydrogen-bond donors (Lipinski definition) is 0. The molecule has 94 valence electrons. The van der Waals surface area contributed by atoms with Crippen LogP contribution in [0.3, 0.4) is 0 Å². The van der Waals surface area contributed by atoms with E-state index >= 15 is 0 Å². The molecule has 1 saturated carbocycles. The molecule has 1 aliphatic rings. The molecular weight excluding hydrogens is 213 g/mol. The summed E-state index contributed by atoms with van der Waals surface area (Å²) in [7, 11) is 0. The van der Waals surface area contributed by atoms with E-state index in [1.54, 1.807) is 6.20 Å². The minimum absolute atomic E-state index is 0.252. The Bertz CT molecular complexity index is 358. The minimum atomic E-state index is -0.252. The first kappa shape index (κ1) is 12.5. The van der Waals surface area contributed by atoms with E-state index < -0.39 is 0 Å². The lowest BCUT2D eigenvalue weighted by Gasteiger charge is -2.31.